The smallest absolute Gasteiger partial charge is 0.0920 e. The summed E-state index contributed by atoms with van der Waals surface area (Å²) >= 11 is 0. The molecule has 0 bridgehead atoms. The molecule has 0 atom stereocenters. The average molecular weight is 139 g/mol. The molecule has 0 rings (SSSR count). The van der Waals surface area contributed by atoms with E-state index in [1.165, 1.54) is 6.32 Å². The van der Waals surface area contributed by atoms with E-state index in [2.05, 4.69) is 48.7 Å². The molecule has 0 aliphatic rings. The van der Waals surface area contributed by atoms with Gasteiger partial charge in [0.05, 0.1) is 0 Å². The van der Waals surface area contributed by atoms with Crippen LogP contribution in [0.25, 0.3) is 0 Å². The van der Waals surface area contributed by atoms with Crippen LogP contribution in [0.5, 0.6) is 0 Å². The van der Waals surface area contributed by atoms with Crippen LogP contribution in [-0.4, -0.2) is 7.28 Å². The van der Waals surface area contributed by atoms with Gasteiger partial charge in [-0.2, -0.15) is 0 Å². The first-order valence-electron chi connectivity index (χ1n) is 4.09. The van der Waals surface area contributed by atoms with E-state index < -0.39 is 0 Å². The summed E-state index contributed by atoms with van der Waals surface area (Å²) in [5.41, 5.74) is 0.848. The van der Waals surface area contributed by atoms with E-state index in [-0.39, 0.29) is 0 Å². The monoisotopic (exact) mass is 139 g/mol. The highest BCUT2D eigenvalue weighted by atomic mass is 14.3. The third kappa shape index (κ3) is 2.36. The SMILES string of the molecule is C[B]CC(C)(C)C(C)(C)C. The molecule has 0 aromatic heterocycles. The van der Waals surface area contributed by atoms with E-state index >= 15 is 0 Å². The van der Waals surface area contributed by atoms with E-state index in [1.54, 1.807) is 0 Å². The molecule has 0 aliphatic heterocycles. The first kappa shape index (κ1) is 10.1. The first-order valence-corrected chi connectivity index (χ1v) is 4.09. The van der Waals surface area contributed by atoms with E-state index in [9.17, 15) is 0 Å². The minimum atomic E-state index is 0.416. The van der Waals surface area contributed by atoms with Crippen molar-refractivity contribution in [3.05, 3.63) is 0 Å². The summed E-state index contributed by atoms with van der Waals surface area (Å²) in [5, 5.41) is 0. The van der Waals surface area contributed by atoms with Gasteiger partial charge in [0.2, 0.25) is 0 Å². The molecule has 0 aromatic carbocycles. The molecule has 0 unspecified atom stereocenters. The molecule has 0 N–H and O–H groups in total. The van der Waals surface area contributed by atoms with Gasteiger partial charge in [0.1, 0.15) is 7.28 Å². The van der Waals surface area contributed by atoms with Gasteiger partial charge in [0, 0.05) is 0 Å². The molecule has 0 amide bonds. The summed E-state index contributed by atoms with van der Waals surface area (Å²) in [7, 11) is 2.26. The van der Waals surface area contributed by atoms with Crippen molar-refractivity contribution >= 4 is 7.28 Å². The van der Waals surface area contributed by atoms with Crippen LogP contribution in [0.4, 0.5) is 0 Å². The summed E-state index contributed by atoms with van der Waals surface area (Å²) in [5.74, 6) is 0. The predicted molar refractivity (Wildman–Crippen MR) is 49.7 cm³/mol. The Balaban J connectivity index is 4.10. The lowest BCUT2D eigenvalue weighted by Crippen LogP contribution is -2.30. The molecular formula is C9H20B. The predicted octanol–water partition coefficient (Wildman–Crippen LogP) is 3.23. The Morgan fingerprint density at radius 3 is 1.50 bits per heavy atom. The number of hydrogen-bond donors (Lipinski definition) is 0. The van der Waals surface area contributed by atoms with Crippen molar-refractivity contribution in [2.45, 2.75) is 47.8 Å². The van der Waals surface area contributed by atoms with Crippen LogP contribution >= 0.6 is 0 Å². The molecule has 10 heavy (non-hydrogen) atoms. The van der Waals surface area contributed by atoms with Gasteiger partial charge in [-0.15, -0.1) is 0 Å². The Labute approximate surface area is 66.6 Å². The second-order valence-electron chi connectivity index (χ2n) is 4.75. The maximum absolute atomic E-state index is 2.33. The van der Waals surface area contributed by atoms with Crippen molar-refractivity contribution < 1.29 is 0 Å². The maximum atomic E-state index is 2.33. The summed E-state index contributed by atoms with van der Waals surface area (Å²) in [6.45, 7) is 13.7. The van der Waals surface area contributed by atoms with Crippen LogP contribution in [0.3, 0.4) is 0 Å². The molecule has 1 heteroatoms. The van der Waals surface area contributed by atoms with Crippen molar-refractivity contribution in [2.24, 2.45) is 10.8 Å². The fraction of sp³-hybridized carbons (Fsp3) is 1.00. The zero-order valence-corrected chi connectivity index (χ0v) is 8.28. The van der Waals surface area contributed by atoms with Crippen molar-refractivity contribution in [3.63, 3.8) is 0 Å². The molecule has 1 radical (unpaired) electrons. The molecule has 0 saturated heterocycles. The Hall–Kier alpha value is 0.0649. The maximum Gasteiger partial charge on any atom is 0.106 e. The minimum Gasteiger partial charge on any atom is -0.0920 e. The summed E-state index contributed by atoms with van der Waals surface area (Å²) in [6, 6.07) is 0. The van der Waals surface area contributed by atoms with E-state index in [1.807, 2.05) is 0 Å². The molecule has 0 nitrogen and oxygen atoms in total. The normalized spacial score (nSPS) is 13.4. The second-order valence-corrected chi connectivity index (χ2v) is 4.75. The van der Waals surface area contributed by atoms with Gasteiger partial charge in [0.25, 0.3) is 0 Å². The van der Waals surface area contributed by atoms with Crippen LogP contribution in [-0.2, 0) is 0 Å². The van der Waals surface area contributed by atoms with Crippen LogP contribution in [0.2, 0.25) is 13.1 Å². The molecule has 0 saturated carbocycles. The van der Waals surface area contributed by atoms with E-state index in [0.717, 1.165) is 0 Å². The summed E-state index contributed by atoms with van der Waals surface area (Å²) < 4.78 is 0. The zero-order chi connectivity index (χ0) is 8.41. The molecule has 0 aliphatic carbocycles. The van der Waals surface area contributed by atoms with Crippen molar-refractivity contribution in [1.29, 1.82) is 0 Å². The van der Waals surface area contributed by atoms with Gasteiger partial charge in [0.15, 0.2) is 0 Å². The van der Waals surface area contributed by atoms with Gasteiger partial charge >= 0.3 is 0 Å². The molecule has 0 aromatic rings. The fourth-order valence-electron chi connectivity index (χ4n) is 0.816. The molecule has 59 valence electrons. The fourth-order valence-corrected chi connectivity index (χ4v) is 0.816. The first-order chi connectivity index (χ1) is 4.31. The van der Waals surface area contributed by atoms with Gasteiger partial charge in [-0.05, 0) is 10.8 Å². The van der Waals surface area contributed by atoms with Gasteiger partial charge < -0.3 is 0 Å². The largest absolute Gasteiger partial charge is 0.106 e. The molecule has 0 heterocycles. The molecular weight excluding hydrogens is 119 g/mol. The van der Waals surface area contributed by atoms with E-state index in [4.69, 9.17) is 0 Å². The van der Waals surface area contributed by atoms with Crippen LogP contribution < -0.4 is 0 Å². The van der Waals surface area contributed by atoms with E-state index in [0.29, 0.717) is 10.8 Å². The number of hydrogen-bond acceptors (Lipinski definition) is 0. The van der Waals surface area contributed by atoms with Crippen molar-refractivity contribution in [3.8, 4) is 0 Å². The Morgan fingerprint density at radius 2 is 1.40 bits per heavy atom. The summed E-state index contributed by atoms with van der Waals surface area (Å²) in [4.78, 5) is 0. The van der Waals surface area contributed by atoms with Crippen LogP contribution in [0.15, 0.2) is 0 Å². The number of rotatable bonds is 2. The quantitative estimate of drug-likeness (QED) is 0.515. The lowest BCUT2D eigenvalue weighted by Gasteiger charge is -2.38. The molecule has 0 fully saturated rings. The highest BCUT2D eigenvalue weighted by Crippen LogP contribution is 2.40. The average Bonchev–Trinajstić information content (AvgIpc) is 1.61. The van der Waals surface area contributed by atoms with Crippen molar-refractivity contribution in [2.75, 3.05) is 0 Å². The van der Waals surface area contributed by atoms with Gasteiger partial charge in [-0.25, -0.2) is 0 Å². The van der Waals surface area contributed by atoms with Crippen LogP contribution in [0, 0.1) is 10.8 Å². The Kier molecular flexibility index (Phi) is 3.00. The second kappa shape index (κ2) is 2.98. The third-order valence-corrected chi connectivity index (χ3v) is 2.74. The zero-order valence-electron chi connectivity index (χ0n) is 8.28. The summed E-state index contributed by atoms with van der Waals surface area (Å²) in [6.07, 6.45) is 1.20. The minimum absolute atomic E-state index is 0.416. The van der Waals surface area contributed by atoms with Crippen molar-refractivity contribution in [1.82, 2.24) is 0 Å². The standard InChI is InChI=1S/C9H20B/c1-8(2,3)9(4,5)7-10-6/h7H2,1-6H3. The molecule has 0 spiro atoms. The highest BCUT2D eigenvalue weighted by molar-refractivity contribution is 6.33. The third-order valence-electron chi connectivity index (χ3n) is 2.74. The topological polar surface area (TPSA) is 0 Å². The van der Waals surface area contributed by atoms with Crippen LogP contribution in [0.1, 0.15) is 34.6 Å². The Morgan fingerprint density at radius 1 is 1.00 bits per heavy atom. The van der Waals surface area contributed by atoms with Gasteiger partial charge in [-0.1, -0.05) is 47.8 Å². The van der Waals surface area contributed by atoms with Gasteiger partial charge in [-0.3, -0.25) is 0 Å². The lowest BCUT2D eigenvalue weighted by molar-refractivity contribution is 0.156. The highest BCUT2D eigenvalue weighted by Gasteiger charge is 2.31. The Bertz CT molecular complexity index is 97.8. The lowest BCUT2D eigenvalue weighted by atomic mass is 9.57.